The molecule has 0 unspecified atom stereocenters. The van der Waals surface area contributed by atoms with E-state index in [2.05, 4.69) is 34.8 Å². The molecule has 0 bridgehead atoms. The fraction of sp³-hybridized carbons (Fsp3) is 0.522. The minimum atomic E-state index is -0.468. The summed E-state index contributed by atoms with van der Waals surface area (Å²) in [4.78, 5) is 24.3. The van der Waals surface area contributed by atoms with Crippen LogP contribution in [0.15, 0.2) is 17.7 Å². The number of ether oxygens (including phenoxy) is 3. The van der Waals surface area contributed by atoms with Crippen LogP contribution < -0.4 is 14.8 Å². The summed E-state index contributed by atoms with van der Waals surface area (Å²) in [6.45, 7) is 6.14. The monoisotopic (exact) mass is 540 g/mol. The van der Waals surface area contributed by atoms with Crippen LogP contribution in [0.25, 0.3) is 6.08 Å². The lowest BCUT2D eigenvalue weighted by Crippen LogP contribution is -2.41. The molecule has 1 N–H and O–H groups in total. The summed E-state index contributed by atoms with van der Waals surface area (Å²) in [7, 11) is 0. The SMILES string of the molecule is CCOC(=O)COc1c(I)cc(/C=C(\C#N)C(=O)N[C@@H]2CCCC[C@@H]2C)cc1OCC. The number of nitriles is 1. The summed E-state index contributed by atoms with van der Waals surface area (Å²) in [6.07, 6.45) is 5.83. The molecule has 0 saturated heterocycles. The molecule has 7 nitrogen and oxygen atoms in total. The standard InChI is InChI=1S/C23H29IN2O5/c1-4-29-20-12-16(11-18(24)22(20)31-14-21(27)30-5-2)10-17(13-25)23(28)26-19-9-7-6-8-15(19)3/h10-12,15,19H,4-9,14H2,1-3H3,(H,26,28)/b17-10+/t15-,19+/m0/s1. The highest BCUT2D eigenvalue weighted by atomic mass is 127. The maximum atomic E-state index is 12.7. The first-order valence-electron chi connectivity index (χ1n) is 10.6. The van der Waals surface area contributed by atoms with Crippen molar-refractivity contribution in [3.8, 4) is 17.6 Å². The Hall–Kier alpha value is -2.28. The molecule has 1 aromatic rings. The van der Waals surface area contributed by atoms with Gasteiger partial charge in [-0.25, -0.2) is 4.79 Å². The van der Waals surface area contributed by atoms with Crippen LogP contribution in [0.4, 0.5) is 0 Å². The number of carbonyl (C=O) groups excluding carboxylic acids is 2. The molecule has 2 rings (SSSR count). The topological polar surface area (TPSA) is 97.7 Å². The van der Waals surface area contributed by atoms with Gasteiger partial charge in [0.25, 0.3) is 5.91 Å². The smallest absolute Gasteiger partial charge is 0.344 e. The first-order valence-corrected chi connectivity index (χ1v) is 11.6. The Labute approximate surface area is 197 Å². The largest absolute Gasteiger partial charge is 0.490 e. The van der Waals surface area contributed by atoms with Gasteiger partial charge < -0.3 is 19.5 Å². The molecule has 1 aromatic carbocycles. The van der Waals surface area contributed by atoms with Crippen LogP contribution in [0.1, 0.15) is 52.0 Å². The molecule has 168 valence electrons. The third kappa shape index (κ3) is 7.42. The van der Waals surface area contributed by atoms with Crippen LogP contribution in [-0.2, 0) is 14.3 Å². The summed E-state index contributed by atoms with van der Waals surface area (Å²) in [5.41, 5.74) is 0.677. The number of benzene rings is 1. The zero-order valence-electron chi connectivity index (χ0n) is 18.2. The van der Waals surface area contributed by atoms with Gasteiger partial charge in [-0.3, -0.25) is 4.79 Å². The van der Waals surface area contributed by atoms with E-state index in [1.165, 1.54) is 6.42 Å². The van der Waals surface area contributed by atoms with Crippen molar-refractivity contribution in [1.82, 2.24) is 5.32 Å². The Bertz CT molecular complexity index is 862. The number of nitrogens with one attached hydrogen (secondary N) is 1. The number of esters is 1. The molecule has 0 heterocycles. The van der Waals surface area contributed by atoms with E-state index in [0.717, 1.165) is 19.3 Å². The van der Waals surface area contributed by atoms with E-state index < -0.39 is 5.97 Å². The highest BCUT2D eigenvalue weighted by molar-refractivity contribution is 14.1. The molecule has 0 spiro atoms. The van der Waals surface area contributed by atoms with Crippen molar-refractivity contribution < 1.29 is 23.8 Å². The molecule has 0 radical (unpaired) electrons. The Morgan fingerprint density at radius 1 is 1.23 bits per heavy atom. The van der Waals surface area contributed by atoms with Crippen LogP contribution in [0.5, 0.6) is 11.5 Å². The molecule has 1 aliphatic rings. The van der Waals surface area contributed by atoms with Crippen molar-refractivity contribution in [1.29, 1.82) is 5.26 Å². The van der Waals surface area contributed by atoms with Crippen molar-refractivity contribution in [3.05, 3.63) is 26.8 Å². The summed E-state index contributed by atoms with van der Waals surface area (Å²) in [6, 6.07) is 5.57. The number of nitrogens with zero attached hydrogens (tertiary/aromatic N) is 1. The molecule has 1 saturated carbocycles. The van der Waals surface area contributed by atoms with Crippen molar-refractivity contribution in [2.75, 3.05) is 19.8 Å². The average Bonchev–Trinajstić information content (AvgIpc) is 2.73. The van der Waals surface area contributed by atoms with Crippen molar-refractivity contribution in [2.24, 2.45) is 5.92 Å². The van der Waals surface area contributed by atoms with Crippen LogP contribution in [0.3, 0.4) is 0 Å². The Balaban J connectivity index is 2.22. The van der Waals surface area contributed by atoms with Crippen LogP contribution in [0.2, 0.25) is 0 Å². The number of carbonyl (C=O) groups is 2. The predicted molar refractivity (Wildman–Crippen MR) is 126 cm³/mol. The molecular formula is C23H29IN2O5. The first kappa shape index (κ1) is 25.0. The van der Waals surface area contributed by atoms with E-state index in [1.807, 2.05) is 13.0 Å². The normalized spacial score (nSPS) is 18.6. The van der Waals surface area contributed by atoms with Gasteiger partial charge in [0.1, 0.15) is 11.6 Å². The van der Waals surface area contributed by atoms with Gasteiger partial charge in [0.2, 0.25) is 0 Å². The highest BCUT2D eigenvalue weighted by Crippen LogP contribution is 2.35. The van der Waals surface area contributed by atoms with Gasteiger partial charge in [-0.1, -0.05) is 19.8 Å². The third-order valence-corrected chi connectivity index (χ3v) is 5.88. The lowest BCUT2D eigenvalue weighted by Gasteiger charge is -2.29. The lowest BCUT2D eigenvalue weighted by atomic mass is 9.86. The molecule has 1 fully saturated rings. The Kier molecular flexibility index (Phi) is 10.1. The number of hydrogen-bond donors (Lipinski definition) is 1. The van der Waals surface area contributed by atoms with Gasteiger partial charge in [0.15, 0.2) is 18.1 Å². The second-order valence-electron chi connectivity index (χ2n) is 7.37. The van der Waals surface area contributed by atoms with Crippen molar-refractivity contribution >= 4 is 40.5 Å². The molecule has 2 atom stereocenters. The van der Waals surface area contributed by atoms with E-state index in [0.29, 0.717) is 33.2 Å². The van der Waals surface area contributed by atoms with Crippen LogP contribution in [0, 0.1) is 20.8 Å². The maximum absolute atomic E-state index is 12.7. The lowest BCUT2D eigenvalue weighted by molar-refractivity contribution is -0.145. The highest BCUT2D eigenvalue weighted by Gasteiger charge is 2.24. The van der Waals surface area contributed by atoms with Gasteiger partial charge in [-0.15, -0.1) is 0 Å². The zero-order chi connectivity index (χ0) is 22.8. The minimum Gasteiger partial charge on any atom is -0.490 e. The number of amides is 1. The minimum absolute atomic E-state index is 0.0382. The van der Waals surface area contributed by atoms with Crippen LogP contribution in [-0.4, -0.2) is 37.7 Å². The molecule has 1 aliphatic carbocycles. The second-order valence-corrected chi connectivity index (χ2v) is 8.53. The summed E-state index contributed by atoms with van der Waals surface area (Å²) in [5, 5.41) is 12.6. The summed E-state index contributed by atoms with van der Waals surface area (Å²) < 4.78 is 16.9. The Morgan fingerprint density at radius 2 is 1.97 bits per heavy atom. The van der Waals surface area contributed by atoms with Gasteiger partial charge in [-0.05, 0) is 79.0 Å². The molecule has 0 aliphatic heterocycles. The number of halogens is 1. The van der Waals surface area contributed by atoms with E-state index in [4.69, 9.17) is 14.2 Å². The van der Waals surface area contributed by atoms with Gasteiger partial charge >= 0.3 is 5.97 Å². The van der Waals surface area contributed by atoms with E-state index >= 15 is 0 Å². The molecule has 8 heteroatoms. The zero-order valence-corrected chi connectivity index (χ0v) is 20.4. The van der Waals surface area contributed by atoms with Gasteiger partial charge in [-0.2, -0.15) is 5.26 Å². The fourth-order valence-electron chi connectivity index (χ4n) is 3.50. The van der Waals surface area contributed by atoms with E-state index in [-0.39, 0.29) is 30.7 Å². The van der Waals surface area contributed by atoms with E-state index in [1.54, 1.807) is 25.1 Å². The first-order chi connectivity index (χ1) is 14.9. The van der Waals surface area contributed by atoms with Crippen molar-refractivity contribution in [2.45, 2.75) is 52.5 Å². The number of hydrogen-bond acceptors (Lipinski definition) is 6. The molecule has 1 amide bonds. The predicted octanol–water partition coefficient (Wildman–Crippen LogP) is 4.23. The fourth-order valence-corrected chi connectivity index (χ4v) is 4.28. The van der Waals surface area contributed by atoms with Gasteiger partial charge in [0.05, 0.1) is 16.8 Å². The second kappa shape index (κ2) is 12.5. The quantitative estimate of drug-likeness (QED) is 0.218. The van der Waals surface area contributed by atoms with Crippen molar-refractivity contribution in [3.63, 3.8) is 0 Å². The molecule has 31 heavy (non-hydrogen) atoms. The maximum Gasteiger partial charge on any atom is 0.344 e. The third-order valence-electron chi connectivity index (χ3n) is 5.08. The van der Waals surface area contributed by atoms with Crippen LogP contribution >= 0.6 is 22.6 Å². The Morgan fingerprint density at radius 3 is 2.61 bits per heavy atom. The average molecular weight is 540 g/mol. The molecular weight excluding hydrogens is 511 g/mol. The summed E-state index contributed by atoms with van der Waals surface area (Å²) >= 11 is 2.07. The van der Waals surface area contributed by atoms with Gasteiger partial charge in [0, 0.05) is 6.04 Å². The summed E-state index contributed by atoms with van der Waals surface area (Å²) in [5.74, 6) is 0.427. The van der Waals surface area contributed by atoms with E-state index in [9.17, 15) is 14.9 Å². The number of rotatable bonds is 9. The molecule has 0 aromatic heterocycles.